The Morgan fingerprint density at radius 2 is 1.54 bits per heavy atom. The zero-order chi connectivity index (χ0) is 25.4. The van der Waals surface area contributed by atoms with Gasteiger partial charge in [0.25, 0.3) is 5.91 Å². The van der Waals surface area contributed by atoms with Crippen LogP contribution >= 0.6 is 0 Å². The maximum absolute atomic E-state index is 13.6. The summed E-state index contributed by atoms with van der Waals surface area (Å²) in [5, 5.41) is 1.90. The van der Waals surface area contributed by atoms with Crippen LogP contribution in [-0.2, 0) is 14.3 Å². The lowest BCUT2D eigenvalue weighted by Gasteiger charge is -2.33. The SMILES string of the molecule is COC(=O)C(/C(=C\c1ccccc1)C(=O)NN1CCN(C)CC1)C(C)c1cc(OC)cc(OC)c1. The third kappa shape index (κ3) is 6.83. The molecule has 1 heterocycles. The predicted octanol–water partition coefficient (Wildman–Crippen LogP) is 2.96. The van der Waals surface area contributed by atoms with Crippen LogP contribution < -0.4 is 14.9 Å². The van der Waals surface area contributed by atoms with Crippen LogP contribution in [-0.4, -0.2) is 76.3 Å². The minimum atomic E-state index is -0.857. The van der Waals surface area contributed by atoms with Gasteiger partial charge in [0, 0.05) is 37.8 Å². The summed E-state index contributed by atoms with van der Waals surface area (Å²) in [7, 11) is 6.54. The van der Waals surface area contributed by atoms with Gasteiger partial charge in [-0.2, -0.15) is 0 Å². The summed E-state index contributed by atoms with van der Waals surface area (Å²) in [5.41, 5.74) is 4.96. The molecule has 8 nitrogen and oxygen atoms in total. The molecule has 1 fully saturated rings. The van der Waals surface area contributed by atoms with Gasteiger partial charge in [-0.05, 0) is 42.3 Å². The fourth-order valence-corrected chi connectivity index (χ4v) is 4.16. The standard InChI is InChI=1S/C27H35N3O5/c1-19(21-16-22(33-3)18-23(17-21)34-4)25(27(32)35-5)24(15-20-9-7-6-8-10-20)26(31)28-30-13-11-29(2)12-14-30/h6-10,15-19,25H,11-14H2,1-5H3,(H,28,31)/b24-15+. The van der Waals surface area contributed by atoms with E-state index in [1.165, 1.54) is 7.11 Å². The molecule has 0 radical (unpaired) electrons. The maximum atomic E-state index is 13.6. The number of rotatable bonds is 9. The first kappa shape index (κ1) is 26.2. The molecule has 2 aromatic carbocycles. The number of piperazine rings is 1. The summed E-state index contributed by atoms with van der Waals surface area (Å²) in [6.45, 7) is 4.99. The van der Waals surface area contributed by atoms with Crippen LogP contribution in [0, 0.1) is 5.92 Å². The largest absolute Gasteiger partial charge is 0.497 e. The van der Waals surface area contributed by atoms with Crippen LogP contribution in [0.5, 0.6) is 11.5 Å². The summed E-state index contributed by atoms with van der Waals surface area (Å²) in [6.07, 6.45) is 1.76. The first-order chi connectivity index (χ1) is 16.9. The first-order valence-electron chi connectivity index (χ1n) is 11.7. The van der Waals surface area contributed by atoms with Crippen molar-refractivity contribution in [3.8, 4) is 11.5 Å². The molecule has 188 valence electrons. The van der Waals surface area contributed by atoms with Crippen molar-refractivity contribution in [1.82, 2.24) is 15.3 Å². The van der Waals surface area contributed by atoms with Gasteiger partial charge in [-0.3, -0.25) is 15.0 Å². The Balaban J connectivity index is 2.03. The van der Waals surface area contributed by atoms with Crippen molar-refractivity contribution in [2.24, 2.45) is 5.92 Å². The summed E-state index contributed by atoms with van der Waals surface area (Å²) in [6, 6.07) is 15.0. The average Bonchev–Trinajstić information content (AvgIpc) is 2.89. The number of hydrazine groups is 1. The Kier molecular flexibility index (Phi) is 9.28. The van der Waals surface area contributed by atoms with E-state index in [9.17, 15) is 9.59 Å². The predicted molar refractivity (Wildman–Crippen MR) is 135 cm³/mol. The van der Waals surface area contributed by atoms with E-state index in [0.29, 0.717) is 30.2 Å². The van der Waals surface area contributed by atoms with Crippen molar-refractivity contribution >= 4 is 18.0 Å². The minimum absolute atomic E-state index is 0.324. The fourth-order valence-electron chi connectivity index (χ4n) is 4.16. The van der Waals surface area contributed by atoms with Gasteiger partial charge in [0.2, 0.25) is 0 Å². The molecular formula is C27H35N3O5. The monoisotopic (exact) mass is 481 g/mol. The average molecular weight is 482 g/mol. The minimum Gasteiger partial charge on any atom is -0.497 e. The highest BCUT2D eigenvalue weighted by atomic mass is 16.5. The number of methoxy groups -OCH3 is 3. The Bertz CT molecular complexity index is 1010. The van der Waals surface area contributed by atoms with Gasteiger partial charge in [0.15, 0.2) is 0 Å². The number of amides is 1. The van der Waals surface area contributed by atoms with Gasteiger partial charge in [-0.15, -0.1) is 0 Å². The molecule has 3 rings (SSSR count). The number of hydrogen-bond donors (Lipinski definition) is 1. The van der Waals surface area contributed by atoms with Crippen molar-refractivity contribution in [2.75, 3.05) is 54.6 Å². The molecular weight excluding hydrogens is 446 g/mol. The van der Waals surface area contributed by atoms with E-state index < -0.39 is 17.8 Å². The number of benzene rings is 2. The van der Waals surface area contributed by atoms with Crippen LogP contribution in [0.3, 0.4) is 0 Å². The van der Waals surface area contributed by atoms with Crippen molar-refractivity contribution in [3.63, 3.8) is 0 Å². The van der Waals surface area contributed by atoms with Crippen LogP contribution in [0.1, 0.15) is 24.0 Å². The van der Waals surface area contributed by atoms with E-state index in [0.717, 1.165) is 24.2 Å². The molecule has 0 aromatic heterocycles. The van der Waals surface area contributed by atoms with Gasteiger partial charge in [0.05, 0.1) is 27.2 Å². The maximum Gasteiger partial charge on any atom is 0.313 e. The Morgan fingerprint density at radius 3 is 2.09 bits per heavy atom. The summed E-state index contributed by atoms with van der Waals surface area (Å²) in [4.78, 5) is 29.0. The van der Waals surface area contributed by atoms with Crippen molar-refractivity contribution in [2.45, 2.75) is 12.8 Å². The molecule has 35 heavy (non-hydrogen) atoms. The second kappa shape index (κ2) is 12.4. The number of ether oxygens (including phenoxy) is 3. The normalized spacial score (nSPS) is 16.8. The first-order valence-corrected chi connectivity index (χ1v) is 11.7. The van der Waals surface area contributed by atoms with E-state index in [2.05, 4.69) is 17.4 Å². The molecule has 1 saturated heterocycles. The van der Waals surface area contributed by atoms with Gasteiger partial charge in [-0.1, -0.05) is 37.3 Å². The number of likely N-dealkylation sites (N-methyl/N-ethyl adjacent to an activating group) is 1. The lowest BCUT2D eigenvalue weighted by molar-refractivity contribution is -0.146. The molecule has 0 bridgehead atoms. The summed E-state index contributed by atoms with van der Waals surface area (Å²) in [5.74, 6) is -0.870. The molecule has 1 aliphatic heterocycles. The molecule has 2 aromatic rings. The molecule has 0 spiro atoms. The number of hydrogen-bond acceptors (Lipinski definition) is 7. The Morgan fingerprint density at radius 1 is 0.943 bits per heavy atom. The third-order valence-electron chi connectivity index (χ3n) is 6.34. The van der Waals surface area contributed by atoms with Crippen LogP contribution in [0.4, 0.5) is 0 Å². The number of nitrogens with zero attached hydrogens (tertiary/aromatic N) is 2. The zero-order valence-corrected chi connectivity index (χ0v) is 21.1. The van der Waals surface area contributed by atoms with Gasteiger partial charge < -0.3 is 19.1 Å². The third-order valence-corrected chi connectivity index (χ3v) is 6.34. The number of carbonyl (C=O) groups excluding carboxylic acids is 2. The highest BCUT2D eigenvalue weighted by Gasteiger charge is 2.35. The molecule has 0 saturated carbocycles. The lowest BCUT2D eigenvalue weighted by atomic mass is 9.81. The molecule has 2 unspecified atom stereocenters. The van der Waals surface area contributed by atoms with Crippen LogP contribution in [0.2, 0.25) is 0 Å². The van der Waals surface area contributed by atoms with Crippen LogP contribution in [0.25, 0.3) is 6.08 Å². The highest BCUT2D eigenvalue weighted by molar-refractivity contribution is 6.03. The van der Waals surface area contributed by atoms with E-state index >= 15 is 0 Å². The molecule has 1 N–H and O–H groups in total. The van der Waals surface area contributed by atoms with E-state index in [1.807, 2.05) is 54.4 Å². The topological polar surface area (TPSA) is 80.3 Å². The second-order valence-corrected chi connectivity index (χ2v) is 8.68. The van der Waals surface area contributed by atoms with Crippen molar-refractivity contribution in [1.29, 1.82) is 0 Å². The molecule has 1 aliphatic rings. The number of esters is 1. The summed E-state index contributed by atoms with van der Waals surface area (Å²) >= 11 is 0. The van der Waals surface area contributed by atoms with Crippen molar-refractivity contribution < 1.29 is 23.8 Å². The number of nitrogens with one attached hydrogen (secondary N) is 1. The molecule has 1 amide bonds. The van der Waals surface area contributed by atoms with Crippen LogP contribution in [0.15, 0.2) is 54.1 Å². The summed E-state index contributed by atoms with van der Waals surface area (Å²) < 4.78 is 16.1. The van der Waals surface area contributed by atoms with Gasteiger partial charge in [0.1, 0.15) is 11.5 Å². The van der Waals surface area contributed by atoms with E-state index in [4.69, 9.17) is 14.2 Å². The fraction of sp³-hybridized carbons (Fsp3) is 0.407. The molecule has 0 aliphatic carbocycles. The number of carbonyl (C=O) groups is 2. The van der Waals surface area contributed by atoms with E-state index in [-0.39, 0.29) is 5.91 Å². The van der Waals surface area contributed by atoms with Crippen molar-refractivity contribution in [3.05, 3.63) is 65.2 Å². The second-order valence-electron chi connectivity index (χ2n) is 8.68. The molecule has 8 heteroatoms. The lowest BCUT2D eigenvalue weighted by Crippen LogP contribution is -2.53. The zero-order valence-electron chi connectivity index (χ0n) is 21.1. The smallest absolute Gasteiger partial charge is 0.313 e. The Labute approximate surface area is 207 Å². The molecule has 2 atom stereocenters. The highest BCUT2D eigenvalue weighted by Crippen LogP contribution is 2.36. The van der Waals surface area contributed by atoms with Gasteiger partial charge in [-0.25, -0.2) is 5.01 Å². The van der Waals surface area contributed by atoms with E-state index in [1.54, 1.807) is 26.4 Å². The quantitative estimate of drug-likeness (QED) is 0.436. The van der Waals surface area contributed by atoms with Gasteiger partial charge >= 0.3 is 5.97 Å². The Hall–Kier alpha value is -3.36.